The van der Waals surface area contributed by atoms with Gasteiger partial charge in [0.05, 0.1) is 22.4 Å². The average molecular weight is 685 g/mol. The summed E-state index contributed by atoms with van der Waals surface area (Å²) in [5.41, 5.74) is -0.519. The number of piperazine rings is 1. The van der Waals surface area contributed by atoms with Crippen LogP contribution in [0.15, 0.2) is 30.5 Å². The molecule has 8 rings (SSSR count). The van der Waals surface area contributed by atoms with Crippen molar-refractivity contribution in [2.45, 2.75) is 76.2 Å². The number of ether oxygens (including phenoxy) is 2. The molecule has 4 fully saturated rings. The Balaban J connectivity index is 1.27. The molecule has 4 aliphatic rings. The van der Waals surface area contributed by atoms with Crippen LogP contribution in [-0.4, -0.2) is 82.4 Å². The third-order valence-electron chi connectivity index (χ3n) is 11.1. The number of nitrogens with zero attached hydrogens (tertiary/aromatic N) is 5. The lowest BCUT2D eigenvalue weighted by Gasteiger charge is -2.34. The molecule has 0 radical (unpaired) electrons. The summed E-state index contributed by atoms with van der Waals surface area (Å²) in [6, 6.07) is 6.33. The van der Waals surface area contributed by atoms with Crippen molar-refractivity contribution >= 4 is 33.5 Å². The molecule has 3 unspecified atom stereocenters. The Morgan fingerprint density at radius 2 is 1.98 bits per heavy atom. The Labute approximate surface area is 288 Å². The van der Waals surface area contributed by atoms with Crippen LogP contribution in [0.25, 0.3) is 32.9 Å². The van der Waals surface area contributed by atoms with Gasteiger partial charge in [-0.3, -0.25) is 14.7 Å². The normalized spacial score (nSPS) is 25.2. The van der Waals surface area contributed by atoms with E-state index in [1.165, 1.54) is 24.4 Å². The van der Waals surface area contributed by atoms with Crippen LogP contribution in [0.3, 0.4) is 0 Å². The maximum Gasteiger partial charge on any atom is 0.319 e. The molecule has 6 heterocycles. The fourth-order valence-corrected chi connectivity index (χ4v) is 8.32. The molecular formula is C38H39F3N6O3. The molecule has 12 heteroatoms. The first-order chi connectivity index (χ1) is 24.2. The van der Waals surface area contributed by atoms with Crippen LogP contribution in [0.2, 0.25) is 0 Å². The average Bonchev–Trinajstić information content (AvgIpc) is 3.76. The first kappa shape index (κ1) is 32.7. The number of nitrogens with one attached hydrogen (secondary N) is 1. The minimum Gasteiger partial charge on any atom is -0.461 e. The molecule has 5 atom stereocenters. The van der Waals surface area contributed by atoms with E-state index in [0.717, 1.165) is 32.2 Å². The topological polar surface area (TPSA) is 92.7 Å². The van der Waals surface area contributed by atoms with Crippen molar-refractivity contribution in [1.82, 2.24) is 25.2 Å². The Hall–Kier alpha value is -4.47. The fraction of sp³-hybridized carbons (Fsp3) is 0.474. The molecule has 2 aromatic heterocycles. The molecule has 4 saturated heterocycles. The summed E-state index contributed by atoms with van der Waals surface area (Å²) in [6.45, 7) is 6.35. The Morgan fingerprint density at radius 3 is 2.74 bits per heavy atom. The highest BCUT2D eigenvalue weighted by Gasteiger charge is 2.49. The molecule has 4 aliphatic heterocycles. The summed E-state index contributed by atoms with van der Waals surface area (Å²) in [5.74, 6) is 0.822. The standard InChI is InChI=1S/C38H39F3N6O3/c1-4-21(3)36(48)50-26-13-22-7-10-30(40)27(5-2)31(22)28(14-26)33-32(41)34-29(16-42-33)35(46-18-24-8-9-25(19-46)43-24)45-37(44-34)49-20-38-11-6-12-47(38)17-23(39)15-38/h2,7,10,13-14,16,21,23-25,43H,4,6,8-9,11-12,15,17-20H2,1,3H3/t21?,23-,24?,25?,38+/m1/s1. The van der Waals surface area contributed by atoms with E-state index in [0.29, 0.717) is 49.1 Å². The summed E-state index contributed by atoms with van der Waals surface area (Å²) in [5, 5.41) is 4.73. The number of benzene rings is 2. The van der Waals surface area contributed by atoms with Gasteiger partial charge in [0.15, 0.2) is 5.82 Å². The highest BCUT2D eigenvalue weighted by Crippen LogP contribution is 2.42. The zero-order valence-corrected chi connectivity index (χ0v) is 28.1. The van der Waals surface area contributed by atoms with Gasteiger partial charge in [-0.2, -0.15) is 9.97 Å². The largest absolute Gasteiger partial charge is 0.461 e. The fourth-order valence-electron chi connectivity index (χ4n) is 8.32. The van der Waals surface area contributed by atoms with Gasteiger partial charge in [-0.25, -0.2) is 13.2 Å². The molecule has 260 valence electrons. The summed E-state index contributed by atoms with van der Waals surface area (Å²) in [7, 11) is 0. The predicted octanol–water partition coefficient (Wildman–Crippen LogP) is 5.95. The van der Waals surface area contributed by atoms with E-state index < -0.39 is 29.3 Å². The zero-order valence-electron chi connectivity index (χ0n) is 28.1. The molecule has 2 bridgehead atoms. The highest BCUT2D eigenvalue weighted by molar-refractivity contribution is 6.03. The summed E-state index contributed by atoms with van der Waals surface area (Å²) >= 11 is 0. The number of fused-ring (bicyclic) bond motifs is 5. The number of esters is 1. The van der Waals surface area contributed by atoms with Crippen molar-refractivity contribution in [3.05, 3.63) is 47.7 Å². The Kier molecular flexibility index (Phi) is 8.31. The van der Waals surface area contributed by atoms with Crippen LogP contribution in [0.4, 0.5) is 19.0 Å². The number of carbonyl (C=O) groups excluding carboxylic acids is 1. The van der Waals surface area contributed by atoms with Crippen LogP contribution < -0.4 is 19.7 Å². The second-order valence-corrected chi connectivity index (χ2v) is 14.3. The first-order valence-electron chi connectivity index (χ1n) is 17.5. The number of hydrogen-bond acceptors (Lipinski definition) is 9. The number of terminal acetylenes is 1. The quantitative estimate of drug-likeness (QED) is 0.137. The first-order valence-corrected chi connectivity index (χ1v) is 17.5. The monoisotopic (exact) mass is 684 g/mol. The van der Waals surface area contributed by atoms with Crippen molar-refractivity contribution in [2.24, 2.45) is 5.92 Å². The summed E-state index contributed by atoms with van der Waals surface area (Å²) in [4.78, 5) is 31.1. The molecule has 9 nitrogen and oxygen atoms in total. The van der Waals surface area contributed by atoms with Crippen molar-refractivity contribution < 1.29 is 27.4 Å². The third kappa shape index (κ3) is 5.60. The molecule has 0 spiro atoms. The SMILES string of the molecule is C#Cc1c(F)ccc2cc(OC(=O)C(C)CC)cc(-c3ncc4c(N5CC6CCC(C5)N6)nc(OC[C@@]56CCCN5C[C@H](F)C6)nc4c3F)c12. The molecule has 0 aliphatic carbocycles. The number of aromatic nitrogens is 3. The number of halogens is 3. The van der Waals surface area contributed by atoms with Gasteiger partial charge in [-0.15, -0.1) is 6.42 Å². The zero-order chi connectivity index (χ0) is 34.7. The van der Waals surface area contributed by atoms with Gasteiger partial charge < -0.3 is 19.7 Å². The minimum atomic E-state index is -0.929. The predicted molar refractivity (Wildman–Crippen MR) is 184 cm³/mol. The van der Waals surface area contributed by atoms with Gasteiger partial charge in [-0.1, -0.05) is 25.8 Å². The Bertz CT molecular complexity index is 2040. The minimum absolute atomic E-state index is 0.00517. The maximum atomic E-state index is 17.1. The number of pyridine rings is 1. The lowest BCUT2D eigenvalue weighted by molar-refractivity contribution is -0.138. The van der Waals surface area contributed by atoms with Crippen LogP contribution in [0, 0.1) is 29.9 Å². The summed E-state index contributed by atoms with van der Waals surface area (Å²) in [6.07, 6.45) is 11.1. The maximum absolute atomic E-state index is 17.1. The third-order valence-corrected chi connectivity index (χ3v) is 11.1. The van der Waals surface area contributed by atoms with Gasteiger partial charge in [0.2, 0.25) is 0 Å². The number of rotatable bonds is 8. The molecule has 0 saturated carbocycles. The van der Waals surface area contributed by atoms with Gasteiger partial charge in [0.1, 0.15) is 41.4 Å². The molecule has 50 heavy (non-hydrogen) atoms. The van der Waals surface area contributed by atoms with E-state index >= 15 is 8.78 Å². The van der Waals surface area contributed by atoms with Crippen LogP contribution in [0.1, 0.15) is 57.9 Å². The molecule has 1 N–H and O–H groups in total. The molecule has 0 amide bonds. The lowest BCUT2D eigenvalue weighted by atomic mass is 9.95. The smallest absolute Gasteiger partial charge is 0.319 e. The number of anilines is 1. The van der Waals surface area contributed by atoms with Crippen LogP contribution in [-0.2, 0) is 4.79 Å². The van der Waals surface area contributed by atoms with E-state index in [9.17, 15) is 9.18 Å². The molecule has 2 aromatic carbocycles. The van der Waals surface area contributed by atoms with E-state index in [2.05, 4.69) is 31.0 Å². The van der Waals surface area contributed by atoms with Gasteiger partial charge in [-0.05, 0) is 62.2 Å². The van der Waals surface area contributed by atoms with Crippen LogP contribution >= 0.6 is 0 Å². The van der Waals surface area contributed by atoms with Crippen molar-refractivity contribution in [1.29, 1.82) is 0 Å². The van der Waals surface area contributed by atoms with Gasteiger partial charge in [0, 0.05) is 55.3 Å². The van der Waals surface area contributed by atoms with E-state index in [-0.39, 0.29) is 64.1 Å². The molecule has 4 aromatic rings. The van der Waals surface area contributed by atoms with E-state index in [4.69, 9.17) is 20.9 Å². The second-order valence-electron chi connectivity index (χ2n) is 14.3. The number of alkyl halides is 1. The Morgan fingerprint density at radius 1 is 1.18 bits per heavy atom. The number of hydrogen-bond donors (Lipinski definition) is 1. The van der Waals surface area contributed by atoms with Crippen molar-refractivity contribution in [3.63, 3.8) is 0 Å². The van der Waals surface area contributed by atoms with Gasteiger partial charge >= 0.3 is 12.0 Å². The van der Waals surface area contributed by atoms with Crippen molar-refractivity contribution in [3.8, 4) is 35.4 Å². The van der Waals surface area contributed by atoms with Crippen LogP contribution in [0.5, 0.6) is 11.8 Å². The highest BCUT2D eigenvalue weighted by atomic mass is 19.1. The van der Waals surface area contributed by atoms with Gasteiger partial charge in [0.25, 0.3) is 0 Å². The molecular weight excluding hydrogens is 645 g/mol. The van der Waals surface area contributed by atoms with Crippen molar-refractivity contribution in [2.75, 3.05) is 37.7 Å². The van der Waals surface area contributed by atoms with E-state index in [1.807, 2.05) is 6.92 Å². The summed E-state index contributed by atoms with van der Waals surface area (Å²) < 4.78 is 58.8. The number of carbonyl (C=O) groups is 1. The lowest BCUT2D eigenvalue weighted by Crippen LogP contribution is -2.51. The second kappa shape index (κ2) is 12.7. The van der Waals surface area contributed by atoms with E-state index in [1.54, 1.807) is 13.0 Å².